The lowest BCUT2D eigenvalue weighted by molar-refractivity contribution is -0.154. The van der Waals surface area contributed by atoms with E-state index in [0.29, 0.717) is 18.7 Å². The zero-order valence-corrected chi connectivity index (χ0v) is 12.5. The highest BCUT2D eigenvalue weighted by atomic mass is 16.6. The summed E-state index contributed by atoms with van der Waals surface area (Å²) in [5, 5.41) is 4.38. The summed E-state index contributed by atoms with van der Waals surface area (Å²) in [5.41, 5.74) is -0.445. The van der Waals surface area contributed by atoms with Crippen molar-refractivity contribution >= 4 is 5.97 Å². The van der Waals surface area contributed by atoms with Crippen LogP contribution in [0.15, 0.2) is 6.33 Å². The second-order valence-electron chi connectivity index (χ2n) is 6.05. The van der Waals surface area contributed by atoms with Crippen molar-refractivity contribution in [1.82, 2.24) is 14.8 Å². The number of nitrogens with zero attached hydrogens (tertiary/aromatic N) is 3. The van der Waals surface area contributed by atoms with Crippen molar-refractivity contribution in [3.8, 4) is 0 Å². The maximum absolute atomic E-state index is 11.6. The average Bonchev–Trinajstić information content (AvgIpc) is 2.84. The van der Waals surface area contributed by atoms with Crippen LogP contribution in [0.5, 0.6) is 0 Å². The van der Waals surface area contributed by atoms with Crippen LogP contribution in [-0.4, -0.2) is 32.9 Å². The molecular weight excluding hydrogens is 258 g/mol. The van der Waals surface area contributed by atoms with Gasteiger partial charge in [0.05, 0.1) is 6.42 Å². The number of hydrogen-bond donors (Lipinski definition) is 0. The molecule has 1 saturated heterocycles. The van der Waals surface area contributed by atoms with Crippen molar-refractivity contribution in [2.75, 3.05) is 6.61 Å². The number of carbonyl (C=O) groups excluding carboxylic acids is 1. The standard InChI is InChI=1S/C14H23N3O3/c1-14(2,3)20-13(18)8-7-11-15-10-17(16-11)12-6-4-5-9-19-12/h10,12H,4-9H2,1-3H3. The highest BCUT2D eigenvalue weighted by Crippen LogP contribution is 2.21. The molecule has 0 N–H and O–H groups in total. The fraction of sp³-hybridized carbons (Fsp3) is 0.786. The van der Waals surface area contributed by atoms with Crippen molar-refractivity contribution in [1.29, 1.82) is 0 Å². The van der Waals surface area contributed by atoms with Crippen molar-refractivity contribution in [3.63, 3.8) is 0 Å². The normalized spacial score (nSPS) is 19.9. The molecule has 0 spiro atoms. The van der Waals surface area contributed by atoms with Gasteiger partial charge in [-0.3, -0.25) is 4.79 Å². The van der Waals surface area contributed by atoms with Gasteiger partial charge in [0, 0.05) is 13.0 Å². The van der Waals surface area contributed by atoms with Gasteiger partial charge in [0.1, 0.15) is 11.9 Å². The third-order valence-electron chi connectivity index (χ3n) is 2.98. The zero-order chi connectivity index (χ0) is 14.6. The average molecular weight is 281 g/mol. The van der Waals surface area contributed by atoms with E-state index in [-0.39, 0.29) is 12.2 Å². The van der Waals surface area contributed by atoms with Crippen LogP contribution in [0.4, 0.5) is 0 Å². The third kappa shape index (κ3) is 4.59. The Morgan fingerprint density at radius 1 is 1.50 bits per heavy atom. The van der Waals surface area contributed by atoms with Gasteiger partial charge < -0.3 is 9.47 Å². The molecule has 2 rings (SSSR count). The summed E-state index contributed by atoms with van der Waals surface area (Å²) in [4.78, 5) is 15.9. The minimum absolute atomic E-state index is 0.00785. The van der Waals surface area contributed by atoms with E-state index in [2.05, 4.69) is 10.1 Å². The lowest BCUT2D eigenvalue weighted by atomic mass is 10.2. The number of carbonyl (C=O) groups is 1. The van der Waals surface area contributed by atoms with E-state index in [1.165, 1.54) is 0 Å². The predicted octanol–water partition coefficient (Wildman–Crippen LogP) is 2.25. The summed E-state index contributed by atoms with van der Waals surface area (Å²) >= 11 is 0. The monoisotopic (exact) mass is 281 g/mol. The molecule has 0 amide bonds. The zero-order valence-electron chi connectivity index (χ0n) is 12.5. The molecule has 20 heavy (non-hydrogen) atoms. The van der Waals surface area contributed by atoms with Gasteiger partial charge in [-0.25, -0.2) is 9.67 Å². The Labute approximate surface area is 119 Å². The van der Waals surface area contributed by atoms with Crippen LogP contribution in [0, 0.1) is 0 Å². The molecule has 112 valence electrons. The molecule has 6 heteroatoms. The number of aromatic nitrogens is 3. The first-order chi connectivity index (χ1) is 9.44. The summed E-state index contributed by atoms with van der Waals surface area (Å²) in [6, 6.07) is 0. The van der Waals surface area contributed by atoms with E-state index < -0.39 is 5.60 Å². The number of esters is 1. The van der Waals surface area contributed by atoms with Gasteiger partial charge in [-0.05, 0) is 40.0 Å². The Bertz CT molecular complexity index is 445. The van der Waals surface area contributed by atoms with E-state index in [1.807, 2.05) is 20.8 Å². The number of ether oxygens (including phenoxy) is 2. The van der Waals surface area contributed by atoms with E-state index in [9.17, 15) is 4.79 Å². The molecule has 1 atom stereocenters. The Kier molecular flexibility index (Phi) is 4.75. The van der Waals surface area contributed by atoms with Crippen molar-refractivity contribution in [3.05, 3.63) is 12.2 Å². The molecule has 0 saturated carbocycles. The van der Waals surface area contributed by atoms with Crippen molar-refractivity contribution in [2.24, 2.45) is 0 Å². The van der Waals surface area contributed by atoms with Crippen LogP contribution < -0.4 is 0 Å². The quantitative estimate of drug-likeness (QED) is 0.792. The van der Waals surface area contributed by atoms with Crippen LogP contribution in [0.1, 0.15) is 58.5 Å². The molecule has 0 radical (unpaired) electrons. The van der Waals surface area contributed by atoms with Crippen LogP contribution >= 0.6 is 0 Å². The fourth-order valence-corrected chi connectivity index (χ4v) is 2.10. The summed E-state index contributed by atoms with van der Waals surface area (Å²) in [7, 11) is 0. The maximum atomic E-state index is 11.6. The highest BCUT2D eigenvalue weighted by Gasteiger charge is 2.19. The number of rotatable bonds is 4. The molecular formula is C14H23N3O3. The Morgan fingerprint density at radius 3 is 2.95 bits per heavy atom. The molecule has 0 aromatic carbocycles. The molecule has 1 aromatic rings. The maximum Gasteiger partial charge on any atom is 0.306 e. The Hall–Kier alpha value is -1.43. The molecule has 1 aliphatic heterocycles. The summed E-state index contributed by atoms with van der Waals surface area (Å²) in [6.07, 6.45) is 5.69. The van der Waals surface area contributed by atoms with Crippen LogP contribution in [0.3, 0.4) is 0 Å². The largest absolute Gasteiger partial charge is 0.460 e. The SMILES string of the molecule is CC(C)(C)OC(=O)CCc1ncn(C2CCCCO2)n1. The van der Waals surface area contributed by atoms with Gasteiger partial charge >= 0.3 is 5.97 Å². The van der Waals surface area contributed by atoms with E-state index in [1.54, 1.807) is 11.0 Å². The molecule has 1 aromatic heterocycles. The Balaban J connectivity index is 1.82. The second-order valence-corrected chi connectivity index (χ2v) is 6.05. The third-order valence-corrected chi connectivity index (χ3v) is 2.98. The Morgan fingerprint density at radius 2 is 2.30 bits per heavy atom. The van der Waals surface area contributed by atoms with Gasteiger partial charge in [0.15, 0.2) is 12.1 Å². The summed E-state index contributed by atoms with van der Waals surface area (Å²) in [6.45, 7) is 6.35. The van der Waals surface area contributed by atoms with E-state index >= 15 is 0 Å². The molecule has 0 aliphatic carbocycles. The molecule has 2 heterocycles. The van der Waals surface area contributed by atoms with Crippen LogP contribution in [0.25, 0.3) is 0 Å². The lowest BCUT2D eigenvalue weighted by Gasteiger charge is -2.22. The van der Waals surface area contributed by atoms with Gasteiger partial charge in [-0.2, -0.15) is 5.10 Å². The summed E-state index contributed by atoms with van der Waals surface area (Å²) < 4.78 is 12.6. The topological polar surface area (TPSA) is 66.2 Å². The molecule has 6 nitrogen and oxygen atoms in total. The van der Waals surface area contributed by atoms with Crippen LogP contribution in [-0.2, 0) is 20.7 Å². The highest BCUT2D eigenvalue weighted by molar-refractivity contribution is 5.70. The smallest absolute Gasteiger partial charge is 0.306 e. The predicted molar refractivity (Wildman–Crippen MR) is 73.0 cm³/mol. The van der Waals surface area contributed by atoms with E-state index in [0.717, 1.165) is 25.9 Å². The van der Waals surface area contributed by atoms with Crippen molar-refractivity contribution in [2.45, 2.75) is 64.7 Å². The first-order valence-electron chi connectivity index (χ1n) is 7.17. The van der Waals surface area contributed by atoms with E-state index in [4.69, 9.17) is 9.47 Å². The number of aryl methyl sites for hydroxylation is 1. The lowest BCUT2D eigenvalue weighted by Crippen LogP contribution is -2.24. The van der Waals surface area contributed by atoms with Gasteiger partial charge in [0.25, 0.3) is 0 Å². The fourth-order valence-electron chi connectivity index (χ4n) is 2.10. The molecule has 1 unspecified atom stereocenters. The minimum Gasteiger partial charge on any atom is -0.460 e. The first-order valence-corrected chi connectivity index (χ1v) is 7.17. The minimum atomic E-state index is -0.445. The number of hydrogen-bond acceptors (Lipinski definition) is 5. The molecule has 1 aliphatic rings. The van der Waals surface area contributed by atoms with Gasteiger partial charge in [-0.1, -0.05) is 0 Å². The molecule has 1 fully saturated rings. The van der Waals surface area contributed by atoms with Gasteiger partial charge in [-0.15, -0.1) is 0 Å². The molecule has 0 bridgehead atoms. The first kappa shape index (κ1) is 15.0. The van der Waals surface area contributed by atoms with Crippen LogP contribution in [0.2, 0.25) is 0 Å². The van der Waals surface area contributed by atoms with Crippen molar-refractivity contribution < 1.29 is 14.3 Å². The van der Waals surface area contributed by atoms with Gasteiger partial charge in [0.2, 0.25) is 0 Å². The second kappa shape index (κ2) is 6.35. The summed E-state index contributed by atoms with van der Waals surface area (Å²) in [5.74, 6) is 0.438.